The molecule has 1 aliphatic heterocycles. The first-order valence-corrected chi connectivity index (χ1v) is 8.06. The van der Waals surface area contributed by atoms with Crippen LogP contribution < -0.4 is 14.9 Å². The number of carbonyl (C=O) groups is 1. The normalized spacial score (nSPS) is 13.3. The van der Waals surface area contributed by atoms with Crippen LogP contribution in [-0.2, 0) is 11.2 Å². The molecule has 0 radical (unpaired) electrons. The van der Waals surface area contributed by atoms with Gasteiger partial charge in [0.25, 0.3) is 0 Å². The number of nitrogens with zero attached hydrogens (tertiary/aromatic N) is 1. The van der Waals surface area contributed by atoms with E-state index in [0.717, 1.165) is 22.0 Å². The number of benzene rings is 2. The lowest BCUT2D eigenvalue weighted by Crippen LogP contribution is -2.20. The fraction of sp³-hybridized carbons (Fsp3) is 0.158. The Bertz CT molecular complexity index is 946. The number of fused-ring (bicyclic) bond motifs is 2. The van der Waals surface area contributed by atoms with Gasteiger partial charge in [0.2, 0.25) is 5.91 Å². The number of ether oxygens (including phenoxy) is 2. The Labute approximate surface area is 144 Å². The summed E-state index contributed by atoms with van der Waals surface area (Å²) in [6.45, 7) is 1.08. The van der Waals surface area contributed by atoms with E-state index in [9.17, 15) is 4.79 Å². The lowest BCUT2D eigenvalue weighted by atomic mass is 10.1. The minimum Gasteiger partial charge on any atom is -0.486 e. The van der Waals surface area contributed by atoms with Gasteiger partial charge in [0.15, 0.2) is 11.5 Å². The van der Waals surface area contributed by atoms with Crippen molar-refractivity contribution in [2.24, 2.45) is 5.10 Å². The quantitative estimate of drug-likeness (QED) is 0.568. The molecule has 2 N–H and O–H groups in total. The summed E-state index contributed by atoms with van der Waals surface area (Å²) >= 11 is 0. The molecular weight excluding hydrogens is 318 g/mol. The van der Waals surface area contributed by atoms with E-state index in [1.165, 1.54) is 0 Å². The molecule has 6 heteroatoms. The second-order valence-corrected chi connectivity index (χ2v) is 5.74. The zero-order valence-corrected chi connectivity index (χ0v) is 13.5. The molecule has 2 aromatic carbocycles. The fourth-order valence-electron chi connectivity index (χ4n) is 2.80. The molecule has 1 amide bonds. The van der Waals surface area contributed by atoms with Crippen molar-refractivity contribution in [1.82, 2.24) is 10.4 Å². The highest BCUT2D eigenvalue weighted by molar-refractivity contribution is 5.99. The van der Waals surface area contributed by atoms with Crippen molar-refractivity contribution in [3.05, 3.63) is 59.8 Å². The molecule has 126 valence electrons. The predicted octanol–water partition coefficient (Wildman–Crippen LogP) is 2.63. The Hall–Kier alpha value is -3.28. The molecular formula is C19H17N3O3. The summed E-state index contributed by atoms with van der Waals surface area (Å²) in [5.74, 6) is 1.21. The van der Waals surface area contributed by atoms with E-state index in [1.54, 1.807) is 6.21 Å². The molecule has 3 aromatic rings. The largest absolute Gasteiger partial charge is 0.486 e. The van der Waals surface area contributed by atoms with Gasteiger partial charge in [-0.2, -0.15) is 5.10 Å². The fourth-order valence-corrected chi connectivity index (χ4v) is 2.80. The van der Waals surface area contributed by atoms with Gasteiger partial charge in [-0.1, -0.05) is 24.3 Å². The smallest absolute Gasteiger partial charge is 0.244 e. The Morgan fingerprint density at radius 1 is 1.16 bits per heavy atom. The number of amides is 1. The molecule has 2 heterocycles. The molecule has 1 aromatic heterocycles. The minimum absolute atomic E-state index is 0.187. The Morgan fingerprint density at radius 2 is 2.00 bits per heavy atom. The van der Waals surface area contributed by atoms with Gasteiger partial charge < -0.3 is 14.5 Å². The van der Waals surface area contributed by atoms with Crippen LogP contribution in [0.25, 0.3) is 10.9 Å². The van der Waals surface area contributed by atoms with E-state index in [2.05, 4.69) is 15.5 Å². The van der Waals surface area contributed by atoms with E-state index in [0.29, 0.717) is 24.7 Å². The zero-order valence-electron chi connectivity index (χ0n) is 13.5. The molecule has 25 heavy (non-hydrogen) atoms. The third-order valence-corrected chi connectivity index (χ3v) is 3.99. The van der Waals surface area contributed by atoms with Crippen molar-refractivity contribution in [1.29, 1.82) is 0 Å². The van der Waals surface area contributed by atoms with E-state index in [1.807, 2.05) is 48.7 Å². The van der Waals surface area contributed by atoms with E-state index < -0.39 is 0 Å². The number of rotatable bonds is 4. The van der Waals surface area contributed by atoms with E-state index in [4.69, 9.17) is 9.47 Å². The van der Waals surface area contributed by atoms with Crippen LogP contribution in [0, 0.1) is 0 Å². The van der Waals surface area contributed by atoms with Gasteiger partial charge in [0.1, 0.15) is 13.2 Å². The number of carbonyl (C=O) groups excluding carboxylic acids is 1. The second-order valence-electron chi connectivity index (χ2n) is 5.74. The maximum absolute atomic E-state index is 12.1. The van der Waals surface area contributed by atoms with Crippen LogP contribution in [0.1, 0.15) is 11.1 Å². The van der Waals surface area contributed by atoms with Gasteiger partial charge in [0, 0.05) is 22.7 Å². The molecule has 0 fully saturated rings. The number of hydrogen-bond donors (Lipinski definition) is 2. The lowest BCUT2D eigenvalue weighted by Gasteiger charge is -2.18. The number of hydrazone groups is 1. The van der Waals surface area contributed by atoms with Crippen molar-refractivity contribution in [3.63, 3.8) is 0 Å². The molecule has 0 aliphatic carbocycles. The van der Waals surface area contributed by atoms with Crippen molar-refractivity contribution in [2.75, 3.05) is 13.2 Å². The van der Waals surface area contributed by atoms with Gasteiger partial charge in [-0.25, -0.2) is 5.43 Å². The summed E-state index contributed by atoms with van der Waals surface area (Å²) in [5.41, 5.74) is 5.37. The Kier molecular flexibility index (Phi) is 4.08. The van der Waals surface area contributed by atoms with Crippen LogP contribution in [0.3, 0.4) is 0 Å². The van der Waals surface area contributed by atoms with E-state index >= 15 is 0 Å². The van der Waals surface area contributed by atoms with Crippen molar-refractivity contribution >= 4 is 23.0 Å². The molecule has 6 nitrogen and oxygen atoms in total. The molecule has 4 rings (SSSR count). The van der Waals surface area contributed by atoms with Gasteiger partial charge >= 0.3 is 0 Å². The van der Waals surface area contributed by atoms with Crippen LogP contribution in [0.5, 0.6) is 11.5 Å². The van der Waals surface area contributed by atoms with Crippen LogP contribution in [0.4, 0.5) is 0 Å². The summed E-state index contributed by atoms with van der Waals surface area (Å²) in [7, 11) is 0. The summed E-state index contributed by atoms with van der Waals surface area (Å²) < 4.78 is 11.0. The number of H-pyrrole nitrogens is 1. The zero-order chi connectivity index (χ0) is 17.1. The SMILES string of the molecule is O=C(Cc1ccc2c(c1)OCCO2)N/N=C\c1c[nH]c2ccccc12. The van der Waals surface area contributed by atoms with Gasteiger partial charge in [-0.15, -0.1) is 0 Å². The van der Waals surface area contributed by atoms with Crippen LogP contribution in [-0.4, -0.2) is 30.3 Å². The van der Waals surface area contributed by atoms with Crippen LogP contribution in [0.2, 0.25) is 0 Å². The lowest BCUT2D eigenvalue weighted by molar-refractivity contribution is -0.120. The maximum atomic E-state index is 12.1. The summed E-state index contributed by atoms with van der Waals surface area (Å²) in [6.07, 6.45) is 3.73. The maximum Gasteiger partial charge on any atom is 0.244 e. The number of aromatic nitrogens is 1. The molecule has 0 unspecified atom stereocenters. The highest BCUT2D eigenvalue weighted by Crippen LogP contribution is 2.30. The molecule has 0 bridgehead atoms. The van der Waals surface area contributed by atoms with Crippen molar-refractivity contribution in [3.8, 4) is 11.5 Å². The molecule has 1 aliphatic rings. The average molecular weight is 335 g/mol. The van der Waals surface area contributed by atoms with Gasteiger partial charge in [-0.3, -0.25) is 4.79 Å². The number of para-hydroxylation sites is 1. The summed E-state index contributed by atoms with van der Waals surface area (Å²) in [5, 5.41) is 5.11. The van der Waals surface area contributed by atoms with Crippen molar-refractivity contribution in [2.45, 2.75) is 6.42 Å². The van der Waals surface area contributed by atoms with Gasteiger partial charge in [-0.05, 0) is 23.8 Å². The molecule has 0 saturated heterocycles. The topological polar surface area (TPSA) is 75.7 Å². The monoisotopic (exact) mass is 335 g/mol. The highest BCUT2D eigenvalue weighted by Gasteiger charge is 2.13. The third kappa shape index (κ3) is 3.33. The standard InChI is InChI=1S/C19H17N3O3/c23-19(10-13-5-6-17-18(9-13)25-8-7-24-17)22-21-12-14-11-20-16-4-2-1-3-15(14)16/h1-6,9,11-12,20H,7-8,10H2,(H,22,23)/b21-12-. The first-order valence-electron chi connectivity index (χ1n) is 8.06. The molecule has 0 saturated carbocycles. The number of hydrogen-bond acceptors (Lipinski definition) is 4. The second kappa shape index (κ2) is 6.68. The van der Waals surface area contributed by atoms with E-state index in [-0.39, 0.29) is 12.3 Å². The molecule has 0 spiro atoms. The summed E-state index contributed by atoms with van der Waals surface area (Å²) in [4.78, 5) is 15.2. The predicted molar refractivity (Wildman–Crippen MR) is 95.2 cm³/mol. The Balaban J connectivity index is 1.39. The molecule has 0 atom stereocenters. The highest BCUT2D eigenvalue weighted by atomic mass is 16.6. The average Bonchev–Trinajstić information content (AvgIpc) is 3.05. The minimum atomic E-state index is -0.187. The van der Waals surface area contributed by atoms with Crippen LogP contribution >= 0.6 is 0 Å². The number of nitrogens with one attached hydrogen (secondary N) is 2. The van der Waals surface area contributed by atoms with Crippen molar-refractivity contribution < 1.29 is 14.3 Å². The number of aromatic amines is 1. The van der Waals surface area contributed by atoms with Gasteiger partial charge in [0.05, 0.1) is 12.6 Å². The summed E-state index contributed by atoms with van der Waals surface area (Å²) in [6, 6.07) is 13.4. The Morgan fingerprint density at radius 3 is 2.92 bits per heavy atom. The third-order valence-electron chi connectivity index (χ3n) is 3.99. The van der Waals surface area contributed by atoms with Crippen LogP contribution in [0.15, 0.2) is 53.8 Å². The first kappa shape index (κ1) is 15.3. The first-order chi connectivity index (χ1) is 12.3.